The average molecular weight is 595 g/mol. The van der Waals surface area contributed by atoms with Crippen LogP contribution in [0.15, 0.2) is 18.2 Å². The van der Waals surface area contributed by atoms with E-state index in [9.17, 15) is 19.5 Å². The summed E-state index contributed by atoms with van der Waals surface area (Å²) in [5.74, 6) is -0.644. The standard InChI is InChI=1S/C32H42N4O7/c1-3-21-26-17-36(28(21)31(38)39)30(37)27(18-9-7-8-10-18)35-32(40)43-25-15-19(25)11-5-4-6-12-23-29(42-26)34-24-16-20(41-2)13-14-22(24)33-23/h13-14,16,18-19,21,25-28H,3-12,15,17H2,1-2H3,(H,35,40)(H,38,39)/t19?,21-,25-,26+,27+,28+/m1/s1. The number of benzene rings is 1. The summed E-state index contributed by atoms with van der Waals surface area (Å²) in [6, 6.07) is 3.61. The van der Waals surface area contributed by atoms with E-state index in [0.717, 1.165) is 69.0 Å². The van der Waals surface area contributed by atoms with Gasteiger partial charge in [0.25, 0.3) is 0 Å². The SMILES string of the molecule is CC[C@@H]1[C@@H]2CN(C(=O)[C@H](C3CCCC3)NC(=O)O[C@@H]3CC3CCCCCc3nc4ccc(OC)cc4nc3O2)[C@@H]1C(=O)O. The summed E-state index contributed by atoms with van der Waals surface area (Å²) in [5.41, 5.74) is 2.09. The molecule has 2 aromatic rings. The van der Waals surface area contributed by atoms with Crippen molar-refractivity contribution in [2.24, 2.45) is 17.8 Å². The maximum absolute atomic E-state index is 14.2. The molecule has 0 radical (unpaired) electrons. The fourth-order valence-corrected chi connectivity index (χ4v) is 7.31. The molecule has 3 heterocycles. The molecular weight excluding hydrogens is 552 g/mol. The van der Waals surface area contributed by atoms with E-state index in [1.807, 2.05) is 25.1 Å². The normalized spacial score (nSPS) is 30.3. The zero-order valence-electron chi connectivity index (χ0n) is 25.0. The Balaban J connectivity index is 1.36. The van der Waals surface area contributed by atoms with Crippen molar-refractivity contribution in [2.75, 3.05) is 13.7 Å². The molecule has 2 aliphatic heterocycles. The lowest BCUT2D eigenvalue weighted by Crippen LogP contribution is -2.55. The number of rotatable bonds is 4. The minimum Gasteiger partial charge on any atom is -0.497 e. The summed E-state index contributed by atoms with van der Waals surface area (Å²) in [6.07, 6.45) is 8.06. The minimum absolute atomic E-state index is 0.0666. The number of amides is 2. The van der Waals surface area contributed by atoms with Gasteiger partial charge in [-0.1, -0.05) is 32.6 Å². The molecule has 2 saturated carbocycles. The number of aryl methyl sites for hydroxylation is 1. The lowest BCUT2D eigenvalue weighted by molar-refractivity contribution is -0.151. The lowest BCUT2D eigenvalue weighted by Gasteiger charge is -2.31. The number of carboxylic acids is 1. The number of carbonyl (C=O) groups is 3. The third kappa shape index (κ3) is 6.21. The molecule has 2 aliphatic carbocycles. The van der Waals surface area contributed by atoms with Gasteiger partial charge in [0, 0.05) is 12.0 Å². The van der Waals surface area contributed by atoms with Crippen LogP contribution in [0.4, 0.5) is 4.79 Å². The Morgan fingerprint density at radius 3 is 2.53 bits per heavy atom. The Morgan fingerprint density at radius 1 is 1.02 bits per heavy atom. The Labute approximate surface area is 251 Å². The molecule has 11 nitrogen and oxygen atoms in total. The highest BCUT2D eigenvalue weighted by Gasteiger charge is 2.51. The third-order valence-corrected chi connectivity index (χ3v) is 9.79. The molecule has 11 heteroatoms. The number of hydrogen-bond acceptors (Lipinski definition) is 8. The number of methoxy groups -OCH3 is 1. The summed E-state index contributed by atoms with van der Waals surface area (Å²) in [6.45, 7) is 1.99. The van der Waals surface area contributed by atoms with Crippen molar-refractivity contribution in [3.8, 4) is 11.6 Å². The van der Waals surface area contributed by atoms with Crippen LogP contribution in [0.1, 0.15) is 76.8 Å². The number of nitrogens with zero attached hydrogens (tertiary/aromatic N) is 3. The molecule has 0 spiro atoms. The van der Waals surface area contributed by atoms with Crippen LogP contribution < -0.4 is 14.8 Å². The Hall–Kier alpha value is -3.63. The Bertz CT molecular complexity index is 1360. The summed E-state index contributed by atoms with van der Waals surface area (Å²) < 4.78 is 17.7. The van der Waals surface area contributed by atoms with Crippen LogP contribution in [0.3, 0.4) is 0 Å². The lowest BCUT2D eigenvalue weighted by atomic mass is 9.94. The van der Waals surface area contributed by atoms with Crippen molar-refractivity contribution in [1.82, 2.24) is 20.2 Å². The van der Waals surface area contributed by atoms with Crippen molar-refractivity contribution >= 4 is 29.0 Å². The number of aliphatic carboxylic acids is 1. The Kier molecular flexibility index (Phi) is 8.59. The molecule has 4 aliphatic rings. The van der Waals surface area contributed by atoms with Gasteiger partial charge in [0.05, 0.1) is 24.7 Å². The van der Waals surface area contributed by atoms with Gasteiger partial charge in [0.2, 0.25) is 11.8 Å². The fraction of sp³-hybridized carbons (Fsp3) is 0.656. The maximum atomic E-state index is 14.2. The molecule has 1 aromatic heterocycles. The van der Waals surface area contributed by atoms with Gasteiger partial charge in [-0.05, 0) is 68.9 Å². The van der Waals surface area contributed by atoms with Crippen LogP contribution in [-0.2, 0) is 20.7 Å². The molecule has 2 amide bonds. The predicted molar refractivity (Wildman–Crippen MR) is 157 cm³/mol. The Morgan fingerprint density at radius 2 is 1.79 bits per heavy atom. The molecule has 3 fully saturated rings. The molecule has 1 saturated heterocycles. The first kappa shape index (κ1) is 29.4. The number of ether oxygens (including phenoxy) is 3. The van der Waals surface area contributed by atoms with Crippen LogP contribution >= 0.6 is 0 Å². The second-order valence-corrected chi connectivity index (χ2v) is 12.5. The summed E-state index contributed by atoms with van der Waals surface area (Å²) in [5, 5.41) is 13.2. The van der Waals surface area contributed by atoms with Crippen LogP contribution in [0, 0.1) is 17.8 Å². The largest absolute Gasteiger partial charge is 0.497 e. The number of aromatic nitrogens is 2. The van der Waals surface area contributed by atoms with E-state index >= 15 is 0 Å². The number of nitrogens with one attached hydrogen (secondary N) is 1. The van der Waals surface area contributed by atoms with E-state index in [2.05, 4.69) is 5.32 Å². The minimum atomic E-state index is -1.09. The van der Waals surface area contributed by atoms with E-state index in [1.54, 1.807) is 7.11 Å². The molecule has 43 heavy (non-hydrogen) atoms. The van der Waals surface area contributed by atoms with Gasteiger partial charge in [-0.2, -0.15) is 0 Å². The van der Waals surface area contributed by atoms with E-state index in [4.69, 9.17) is 24.2 Å². The molecule has 232 valence electrons. The number of carbonyl (C=O) groups excluding carboxylic acids is 2. The van der Waals surface area contributed by atoms with Crippen molar-refractivity contribution in [3.63, 3.8) is 0 Å². The van der Waals surface area contributed by atoms with Crippen molar-refractivity contribution in [2.45, 2.75) is 102 Å². The molecule has 2 bridgehead atoms. The van der Waals surface area contributed by atoms with Gasteiger partial charge in [-0.25, -0.2) is 19.6 Å². The first-order valence-electron chi connectivity index (χ1n) is 15.9. The van der Waals surface area contributed by atoms with E-state index in [0.29, 0.717) is 35.9 Å². The summed E-state index contributed by atoms with van der Waals surface area (Å²) >= 11 is 0. The first-order valence-corrected chi connectivity index (χ1v) is 15.9. The first-order chi connectivity index (χ1) is 20.9. The van der Waals surface area contributed by atoms with E-state index in [1.165, 1.54) is 4.90 Å². The monoisotopic (exact) mass is 594 g/mol. The smallest absolute Gasteiger partial charge is 0.408 e. The maximum Gasteiger partial charge on any atom is 0.408 e. The van der Waals surface area contributed by atoms with Gasteiger partial charge in [-0.3, -0.25) is 4.79 Å². The van der Waals surface area contributed by atoms with Crippen LogP contribution in [-0.4, -0.2) is 75.9 Å². The second kappa shape index (κ2) is 12.5. The molecule has 1 unspecified atom stereocenters. The van der Waals surface area contributed by atoms with E-state index < -0.39 is 36.2 Å². The van der Waals surface area contributed by atoms with E-state index in [-0.39, 0.29) is 24.5 Å². The fourth-order valence-electron chi connectivity index (χ4n) is 7.31. The van der Waals surface area contributed by atoms with Crippen molar-refractivity contribution in [1.29, 1.82) is 0 Å². The highest BCUT2D eigenvalue weighted by atomic mass is 16.6. The zero-order valence-corrected chi connectivity index (χ0v) is 25.0. The molecule has 6 atom stereocenters. The van der Waals surface area contributed by atoms with Crippen LogP contribution in [0.5, 0.6) is 11.6 Å². The third-order valence-electron chi connectivity index (χ3n) is 9.79. The van der Waals surface area contributed by atoms with Gasteiger partial charge >= 0.3 is 12.1 Å². The van der Waals surface area contributed by atoms with Crippen molar-refractivity contribution < 1.29 is 33.7 Å². The number of hydrogen-bond donors (Lipinski definition) is 2. The van der Waals surface area contributed by atoms with Crippen LogP contribution in [0.2, 0.25) is 0 Å². The second-order valence-electron chi connectivity index (χ2n) is 12.5. The van der Waals surface area contributed by atoms with Gasteiger partial charge in [0.1, 0.15) is 35.7 Å². The highest BCUT2D eigenvalue weighted by Crippen LogP contribution is 2.39. The van der Waals surface area contributed by atoms with Gasteiger partial charge in [-0.15, -0.1) is 0 Å². The number of carboxylic acid groups (broad SMARTS) is 1. The average Bonchev–Trinajstić information content (AvgIpc) is 3.34. The topological polar surface area (TPSA) is 140 Å². The summed E-state index contributed by atoms with van der Waals surface area (Å²) in [4.78, 5) is 51.0. The zero-order chi connectivity index (χ0) is 30.1. The molecule has 1 aromatic carbocycles. The highest BCUT2D eigenvalue weighted by molar-refractivity contribution is 5.90. The number of fused-ring (bicyclic) bond motifs is 5. The molecular formula is C32H42N4O7. The van der Waals surface area contributed by atoms with Crippen molar-refractivity contribution in [3.05, 3.63) is 23.9 Å². The number of alkyl carbamates (subject to hydrolysis) is 1. The molecule has 6 rings (SSSR count). The van der Waals surface area contributed by atoms with Crippen LogP contribution in [0.25, 0.3) is 11.0 Å². The quantitative estimate of drug-likeness (QED) is 0.524. The van der Waals surface area contributed by atoms with Gasteiger partial charge < -0.3 is 29.5 Å². The molecule has 2 N–H and O–H groups in total. The predicted octanol–water partition coefficient (Wildman–Crippen LogP) is 4.50. The van der Waals surface area contributed by atoms with Gasteiger partial charge in [0.15, 0.2) is 0 Å². The summed E-state index contributed by atoms with van der Waals surface area (Å²) in [7, 11) is 1.60.